The Morgan fingerprint density at radius 3 is 2.47 bits per heavy atom. The highest BCUT2D eigenvalue weighted by Crippen LogP contribution is 2.37. The van der Waals surface area contributed by atoms with Crippen LogP contribution in [0.15, 0.2) is 52.5 Å². The first-order chi connectivity index (χ1) is 15.0. The maximum Gasteiger partial charge on any atom is 0.270 e. The lowest BCUT2D eigenvalue weighted by atomic mass is 9.72. The van der Waals surface area contributed by atoms with Crippen LogP contribution in [0.2, 0.25) is 0 Å². The molecule has 0 saturated heterocycles. The quantitative estimate of drug-likeness (QED) is 0.442. The molecule has 0 amide bonds. The molecular weight excluding hydrogens is 432 g/mol. The zero-order chi connectivity index (χ0) is 23.5. The molecule has 3 rings (SSSR count). The minimum Gasteiger partial charge on any atom is -0.497 e. The van der Waals surface area contributed by atoms with Gasteiger partial charge >= 0.3 is 0 Å². The van der Waals surface area contributed by atoms with Crippen LogP contribution in [0.1, 0.15) is 40.0 Å². The Balaban J connectivity index is 1.93. The zero-order valence-electron chi connectivity index (χ0n) is 18.6. The summed E-state index contributed by atoms with van der Waals surface area (Å²) in [6.45, 7) is 6.52. The molecule has 2 N–H and O–H groups in total. The van der Waals surface area contributed by atoms with Crippen LogP contribution in [0, 0.1) is 21.4 Å². The van der Waals surface area contributed by atoms with Crippen molar-refractivity contribution in [1.29, 1.82) is 0 Å². The molecule has 2 aromatic rings. The summed E-state index contributed by atoms with van der Waals surface area (Å²) in [5.74, 6) is 1.04. The van der Waals surface area contributed by atoms with Crippen LogP contribution in [-0.2, 0) is 10.0 Å². The topological polar surface area (TPSA) is 123 Å². The van der Waals surface area contributed by atoms with Gasteiger partial charge in [0.05, 0.1) is 17.7 Å². The van der Waals surface area contributed by atoms with E-state index in [4.69, 9.17) is 4.74 Å². The van der Waals surface area contributed by atoms with Crippen molar-refractivity contribution in [3.8, 4) is 5.75 Å². The fraction of sp³-hybridized carbons (Fsp3) is 0.409. The van der Waals surface area contributed by atoms with E-state index in [1.165, 1.54) is 19.2 Å². The number of ether oxygens (including phenoxy) is 1. The first-order valence-corrected chi connectivity index (χ1v) is 11.7. The largest absolute Gasteiger partial charge is 0.497 e. The van der Waals surface area contributed by atoms with Crippen LogP contribution < -0.4 is 14.9 Å². The molecule has 0 aromatic heterocycles. The summed E-state index contributed by atoms with van der Waals surface area (Å²) in [5.41, 5.74) is 4.04. The van der Waals surface area contributed by atoms with E-state index in [1.807, 2.05) is 0 Å². The van der Waals surface area contributed by atoms with Crippen molar-refractivity contribution in [3.05, 3.63) is 52.6 Å². The Hall–Kier alpha value is -3.14. The molecule has 0 spiro atoms. The van der Waals surface area contributed by atoms with Crippen LogP contribution in [0.3, 0.4) is 0 Å². The average molecular weight is 461 g/mol. The molecule has 32 heavy (non-hydrogen) atoms. The van der Waals surface area contributed by atoms with Gasteiger partial charge in [0.2, 0.25) is 0 Å². The van der Waals surface area contributed by atoms with E-state index in [9.17, 15) is 18.5 Å². The summed E-state index contributed by atoms with van der Waals surface area (Å²) in [6, 6.07) is 9.97. The van der Waals surface area contributed by atoms with Gasteiger partial charge in [0.15, 0.2) is 0 Å². The number of benzene rings is 2. The second-order valence-corrected chi connectivity index (χ2v) is 10.6. The highest BCUT2D eigenvalue weighted by atomic mass is 32.2. The summed E-state index contributed by atoms with van der Waals surface area (Å²) in [4.78, 5) is 10.4. The van der Waals surface area contributed by atoms with E-state index in [2.05, 4.69) is 36.0 Å². The highest BCUT2D eigenvalue weighted by molar-refractivity contribution is 7.92. The summed E-state index contributed by atoms with van der Waals surface area (Å²) < 4.78 is 33.7. The van der Waals surface area contributed by atoms with Gasteiger partial charge in [0.1, 0.15) is 10.6 Å². The Labute approximate surface area is 188 Å². The van der Waals surface area contributed by atoms with E-state index in [0.717, 1.165) is 31.0 Å². The van der Waals surface area contributed by atoms with Gasteiger partial charge in [0, 0.05) is 23.5 Å². The average Bonchev–Trinajstić information content (AvgIpc) is 2.71. The van der Waals surface area contributed by atoms with Crippen molar-refractivity contribution in [1.82, 2.24) is 0 Å². The number of hydrogen-bond donors (Lipinski definition) is 2. The van der Waals surface area contributed by atoms with Crippen molar-refractivity contribution in [2.24, 2.45) is 16.4 Å². The molecule has 0 aliphatic heterocycles. The number of methoxy groups -OCH3 is 1. The van der Waals surface area contributed by atoms with Gasteiger partial charge < -0.3 is 4.74 Å². The van der Waals surface area contributed by atoms with Crippen LogP contribution >= 0.6 is 0 Å². The Kier molecular flexibility index (Phi) is 6.73. The number of hydrazone groups is 1. The number of sulfonamides is 1. The second kappa shape index (κ2) is 9.15. The number of nitrogens with one attached hydrogen (secondary N) is 2. The van der Waals surface area contributed by atoms with Crippen molar-refractivity contribution >= 4 is 32.8 Å². The molecule has 0 bridgehead atoms. The molecule has 1 unspecified atom stereocenters. The maximum absolute atomic E-state index is 13.1. The highest BCUT2D eigenvalue weighted by Gasteiger charge is 2.30. The Morgan fingerprint density at radius 1 is 1.19 bits per heavy atom. The van der Waals surface area contributed by atoms with Crippen molar-refractivity contribution in [2.75, 3.05) is 17.3 Å². The van der Waals surface area contributed by atoms with Crippen molar-refractivity contribution < 1.29 is 18.1 Å². The summed E-state index contributed by atoms with van der Waals surface area (Å²) in [6.07, 6.45) is 2.70. The van der Waals surface area contributed by atoms with Gasteiger partial charge in [-0.05, 0) is 60.9 Å². The number of nitro benzene ring substituents is 1. The van der Waals surface area contributed by atoms with Gasteiger partial charge in [-0.3, -0.25) is 20.3 Å². The molecule has 2 aromatic carbocycles. The van der Waals surface area contributed by atoms with Gasteiger partial charge in [-0.1, -0.05) is 20.8 Å². The smallest absolute Gasteiger partial charge is 0.270 e. The van der Waals surface area contributed by atoms with Gasteiger partial charge in [-0.25, -0.2) is 8.42 Å². The SMILES string of the molecule is COc1ccc(NS(=O)(=O)c2cc([N+](=O)[O-])ccc2NN=C2CC(C)CC(C)(C)C2)cc1. The lowest BCUT2D eigenvalue weighted by Crippen LogP contribution is -2.28. The maximum atomic E-state index is 13.1. The molecule has 0 heterocycles. The zero-order valence-corrected chi connectivity index (χ0v) is 19.4. The third-order valence-electron chi connectivity index (χ3n) is 5.31. The predicted octanol–water partition coefficient (Wildman–Crippen LogP) is 5.02. The van der Waals surface area contributed by atoms with Crippen LogP contribution in [0.5, 0.6) is 5.75 Å². The standard InChI is InChI=1S/C22H28N4O5S/c1-15-11-17(14-22(2,3)13-15)23-24-20-10-7-18(26(27)28)12-21(20)32(29,30)25-16-5-8-19(31-4)9-6-16/h5-10,12,15,24-25H,11,13-14H2,1-4H3. The van der Waals surface area contributed by atoms with E-state index >= 15 is 0 Å². The molecule has 1 fully saturated rings. The fourth-order valence-corrected chi connectivity index (χ4v) is 5.38. The number of anilines is 2. The van der Waals surface area contributed by atoms with Crippen LogP contribution in [0.4, 0.5) is 17.1 Å². The first-order valence-electron chi connectivity index (χ1n) is 10.3. The Bertz CT molecular complexity index is 1130. The number of nitro groups is 1. The molecule has 10 heteroatoms. The molecule has 1 aliphatic rings. The first kappa shape index (κ1) is 23.5. The number of hydrogen-bond acceptors (Lipinski definition) is 7. The number of rotatable bonds is 7. The summed E-state index contributed by atoms with van der Waals surface area (Å²) >= 11 is 0. The van der Waals surface area contributed by atoms with Gasteiger partial charge in [0.25, 0.3) is 15.7 Å². The normalized spacial score (nSPS) is 19.4. The minimum absolute atomic E-state index is 0.110. The van der Waals surface area contributed by atoms with Gasteiger partial charge in [-0.2, -0.15) is 5.10 Å². The van der Waals surface area contributed by atoms with E-state index < -0.39 is 14.9 Å². The van der Waals surface area contributed by atoms with E-state index in [0.29, 0.717) is 17.4 Å². The molecular formula is C22H28N4O5S. The third-order valence-corrected chi connectivity index (χ3v) is 6.73. The molecule has 172 valence electrons. The van der Waals surface area contributed by atoms with Crippen LogP contribution in [0.25, 0.3) is 0 Å². The van der Waals surface area contributed by atoms with E-state index in [-0.39, 0.29) is 21.7 Å². The van der Waals surface area contributed by atoms with Crippen molar-refractivity contribution in [3.63, 3.8) is 0 Å². The molecule has 1 aliphatic carbocycles. The summed E-state index contributed by atoms with van der Waals surface area (Å²) in [5, 5.41) is 15.7. The predicted molar refractivity (Wildman–Crippen MR) is 125 cm³/mol. The van der Waals surface area contributed by atoms with Crippen molar-refractivity contribution in [2.45, 2.75) is 44.9 Å². The number of non-ortho nitro benzene ring substituents is 1. The summed E-state index contributed by atoms with van der Waals surface area (Å²) in [7, 11) is -2.62. The molecule has 1 atom stereocenters. The van der Waals surface area contributed by atoms with Crippen LogP contribution in [-0.4, -0.2) is 26.2 Å². The second-order valence-electron chi connectivity index (χ2n) is 8.92. The monoisotopic (exact) mass is 460 g/mol. The molecule has 1 saturated carbocycles. The van der Waals surface area contributed by atoms with E-state index in [1.54, 1.807) is 24.3 Å². The minimum atomic E-state index is -4.13. The lowest BCUT2D eigenvalue weighted by molar-refractivity contribution is -0.385. The lowest BCUT2D eigenvalue weighted by Gasteiger charge is -2.34. The van der Waals surface area contributed by atoms with Gasteiger partial charge in [-0.15, -0.1) is 0 Å². The third kappa shape index (κ3) is 5.76. The molecule has 0 radical (unpaired) electrons. The number of nitrogens with zero attached hydrogens (tertiary/aromatic N) is 2. The Morgan fingerprint density at radius 2 is 1.88 bits per heavy atom. The fourth-order valence-electron chi connectivity index (χ4n) is 4.15. The molecule has 9 nitrogen and oxygen atoms in total.